The van der Waals surface area contributed by atoms with Crippen LogP contribution in [0.3, 0.4) is 0 Å². The van der Waals surface area contributed by atoms with Gasteiger partial charge in [-0.25, -0.2) is 0 Å². The molecule has 0 radical (unpaired) electrons. The molecule has 2 rings (SSSR count). The standard InChI is InChI=1S/C12H15NO/c1-12(2,3)11-7-8-9(13)5-4-6-10(8)14-11/h4-7H,13H2,1-3H3. The van der Waals surface area contributed by atoms with Crippen molar-refractivity contribution in [3.8, 4) is 0 Å². The monoisotopic (exact) mass is 189 g/mol. The first kappa shape index (κ1) is 9.13. The number of anilines is 1. The van der Waals surface area contributed by atoms with Crippen LogP contribution in [-0.4, -0.2) is 0 Å². The van der Waals surface area contributed by atoms with E-state index in [1.54, 1.807) is 0 Å². The minimum Gasteiger partial charge on any atom is -0.460 e. The molecule has 74 valence electrons. The van der Waals surface area contributed by atoms with Gasteiger partial charge < -0.3 is 10.2 Å². The molecule has 2 aromatic rings. The quantitative estimate of drug-likeness (QED) is 0.646. The predicted octanol–water partition coefficient (Wildman–Crippen LogP) is 3.31. The van der Waals surface area contributed by atoms with Gasteiger partial charge in [-0.2, -0.15) is 0 Å². The molecule has 1 aromatic heterocycles. The molecule has 0 amide bonds. The van der Waals surface area contributed by atoms with Crippen molar-refractivity contribution < 1.29 is 4.42 Å². The first-order valence-electron chi connectivity index (χ1n) is 4.77. The Morgan fingerprint density at radius 1 is 1.21 bits per heavy atom. The Morgan fingerprint density at radius 3 is 2.50 bits per heavy atom. The molecule has 0 atom stereocenters. The average Bonchev–Trinajstić information content (AvgIpc) is 2.48. The maximum absolute atomic E-state index is 5.85. The molecule has 0 saturated heterocycles. The maximum Gasteiger partial charge on any atom is 0.136 e. The van der Waals surface area contributed by atoms with Gasteiger partial charge in [0.15, 0.2) is 0 Å². The Labute approximate surface area is 83.7 Å². The lowest BCUT2D eigenvalue weighted by Gasteiger charge is -2.13. The largest absolute Gasteiger partial charge is 0.460 e. The third-order valence-electron chi connectivity index (χ3n) is 2.33. The number of benzene rings is 1. The third-order valence-corrected chi connectivity index (χ3v) is 2.33. The van der Waals surface area contributed by atoms with Gasteiger partial charge in [0.2, 0.25) is 0 Å². The summed E-state index contributed by atoms with van der Waals surface area (Å²) < 4.78 is 5.73. The van der Waals surface area contributed by atoms with Gasteiger partial charge in [-0.1, -0.05) is 26.8 Å². The van der Waals surface area contributed by atoms with Crippen molar-refractivity contribution >= 4 is 16.7 Å². The van der Waals surface area contributed by atoms with Gasteiger partial charge in [0, 0.05) is 16.5 Å². The summed E-state index contributed by atoms with van der Waals surface area (Å²) in [6, 6.07) is 7.78. The fraction of sp³-hybridized carbons (Fsp3) is 0.333. The van der Waals surface area contributed by atoms with Crippen molar-refractivity contribution in [2.75, 3.05) is 5.73 Å². The summed E-state index contributed by atoms with van der Waals surface area (Å²) in [7, 11) is 0. The van der Waals surface area contributed by atoms with Crippen molar-refractivity contribution in [3.05, 3.63) is 30.0 Å². The molecule has 0 unspecified atom stereocenters. The number of rotatable bonds is 0. The number of hydrogen-bond acceptors (Lipinski definition) is 2. The molecule has 0 spiro atoms. The Hall–Kier alpha value is -1.44. The molecule has 2 heteroatoms. The number of furan rings is 1. The molecule has 14 heavy (non-hydrogen) atoms. The van der Waals surface area contributed by atoms with Crippen LogP contribution in [0.2, 0.25) is 0 Å². The highest BCUT2D eigenvalue weighted by Crippen LogP contribution is 2.31. The molecule has 0 saturated carbocycles. The summed E-state index contributed by atoms with van der Waals surface area (Å²) in [5, 5.41) is 1.01. The van der Waals surface area contributed by atoms with E-state index >= 15 is 0 Å². The van der Waals surface area contributed by atoms with Gasteiger partial charge in [0.25, 0.3) is 0 Å². The molecule has 0 bridgehead atoms. The lowest BCUT2D eigenvalue weighted by molar-refractivity contribution is 0.430. The highest BCUT2D eigenvalue weighted by Gasteiger charge is 2.19. The zero-order valence-electron chi connectivity index (χ0n) is 8.79. The van der Waals surface area contributed by atoms with E-state index in [9.17, 15) is 0 Å². The number of nitrogens with two attached hydrogens (primary N) is 1. The molecule has 1 aromatic carbocycles. The van der Waals surface area contributed by atoms with E-state index < -0.39 is 0 Å². The fourth-order valence-electron chi connectivity index (χ4n) is 1.45. The molecule has 0 aliphatic rings. The Kier molecular flexibility index (Phi) is 1.81. The molecule has 2 nitrogen and oxygen atoms in total. The Morgan fingerprint density at radius 2 is 1.93 bits per heavy atom. The summed E-state index contributed by atoms with van der Waals surface area (Å²) in [4.78, 5) is 0. The van der Waals surface area contributed by atoms with Crippen molar-refractivity contribution in [3.63, 3.8) is 0 Å². The van der Waals surface area contributed by atoms with Crippen LogP contribution in [0.1, 0.15) is 26.5 Å². The number of fused-ring (bicyclic) bond motifs is 1. The molecule has 0 fully saturated rings. The summed E-state index contributed by atoms with van der Waals surface area (Å²) in [6.45, 7) is 6.38. The van der Waals surface area contributed by atoms with Crippen molar-refractivity contribution in [2.45, 2.75) is 26.2 Å². The highest BCUT2D eigenvalue weighted by molar-refractivity contribution is 5.89. The van der Waals surface area contributed by atoms with Gasteiger partial charge >= 0.3 is 0 Å². The van der Waals surface area contributed by atoms with E-state index in [1.165, 1.54) is 0 Å². The lowest BCUT2D eigenvalue weighted by Crippen LogP contribution is -2.08. The van der Waals surface area contributed by atoms with E-state index in [0.717, 1.165) is 22.4 Å². The second kappa shape index (κ2) is 2.77. The van der Waals surface area contributed by atoms with Gasteiger partial charge in [-0.15, -0.1) is 0 Å². The number of hydrogen-bond donors (Lipinski definition) is 1. The first-order chi connectivity index (χ1) is 6.48. The van der Waals surface area contributed by atoms with Gasteiger partial charge in [-0.3, -0.25) is 0 Å². The number of nitrogen functional groups attached to an aromatic ring is 1. The van der Waals surface area contributed by atoms with Gasteiger partial charge in [-0.05, 0) is 18.2 Å². The van der Waals surface area contributed by atoms with Crippen LogP contribution >= 0.6 is 0 Å². The van der Waals surface area contributed by atoms with Crippen molar-refractivity contribution in [1.82, 2.24) is 0 Å². The minimum absolute atomic E-state index is 0.0332. The summed E-state index contributed by atoms with van der Waals surface area (Å²) in [5.41, 5.74) is 7.54. The second-order valence-electron chi connectivity index (χ2n) is 4.62. The molecule has 1 heterocycles. The van der Waals surface area contributed by atoms with Crippen LogP contribution in [0.15, 0.2) is 28.7 Å². The fourth-order valence-corrected chi connectivity index (χ4v) is 1.45. The molecular weight excluding hydrogens is 174 g/mol. The van der Waals surface area contributed by atoms with E-state index in [4.69, 9.17) is 10.2 Å². The Balaban J connectivity index is 2.69. The van der Waals surface area contributed by atoms with Crippen LogP contribution in [0.5, 0.6) is 0 Å². The summed E-state index contributed by atoms with van der Waals surface area (Å²) in [5.74, 6) is 0.977. The zero-order valence-corrected chi connectivity index (χ0v) is 8.79. The van der Waals surface area contributed by atoms with Crippen LogP contribution < -0.4 is 5.73 Å². The van der Waals surface area contributed by atoms with Crippen LogP contribution in [-0.2, 0) is 5.41 Å². The van der Waals surface area contributed by atoms with E-state index in [2.05, 4.69) is 20.8 Å². The normalized spacial score (nSPS) is 12.2. The van der Waals surface area contributed by atoms with Gasteiger partial charge in [0.1, 0.15) is 11.3 Å². The van der Waals surface area contributed by atoms with Crippen LogP contribution in [0.25, 0.3) is 11.0 Å². The summed E-state index contributed by atoms with van der Waals surface area (Å²) >= 11 is 0. The summed E-state index contributed by atoms with van der Waals surface area (Å²) in [6.07, 6.45) is 0. The predicted molar refractivity (Wildman–Crippen MR) is 59.3 cm³/mol. The minimum atomic E-state index is 0.0332. The zero-order chi connectivity index (χ0) is 10.3. The Bertz CT molecular complexity index is 463. The van der Waals surface area contributed by atoms with Crippen molar-refractivity contribution in [1.29, 1.82) is 0 Å². The molecule has 0 aliphatic heterocycles. The second-order valence-corrected chi connectivity index (χ2v) is 4.62. The SMILES string of the molecule is CC(C)(C)c1cc2c(N)cccc2o1. The first-order valence-corrected chi connectivity index (χ1v) is 4.77. The topological polar surface area (TPSA) is 39.2 Å². The lowest BCUT2D eigenvalue weighted by atomic mass is 9.93. The third kappa shape index (κ3) is 1.37. The van der Waals surface area contributed by atoms with E-state index in [-0.39, 0.29) is 5.41 Å². The van der Waals surface area contributed by atoms with E-state index in [0.29, 0.717) is 0 Å². The molecule has 0 aliphatic carbocycles. The van der Waals surface area contributed by atoms with E-state index in [1.807, 2.05) is 24.3 Å². The molecular formula is C12H15NO. The smallest absolute Gasteiger partial charge is 0.136 e. The van der Waals surface area contributed by atoms with Gasteiger partial charge in [0.05, 0.1) is 0 Å². The maximum atomic E-state index is 5.85. The average molecular weight is 189 g/mol. The molecule has 2 N–H and O–H groups in total. The van der Waals surface area contributed by atoms with Crippen molar-refractivity contribution in [2.24, 2.45) is 0 Å². The highest BCUT2D eigenvalue weighted by atomic mass is 16.3. The van der Waals surface area contributed by atoms with Crippen LogP contribution in [0, 0.1) is 0 Å². The van der Waals surface area contributed by atoms with Crippen LogP contribution in [0.4, 0.5) is 5.69 Å².